The Kier molecular flexibility index (Phi) is 6.82. The maximum absolute atomic E-state index is 12.9. The van der Waals surface area contributed by atoms with Gasteiger partial charge >= 0.3 is 6.11 Å². The minimum Gasteiger partial charge on any atom is -0.482 e. The lowest BCUT2D eigenvalue weighted by Crippen LogP contribution is -2.35. The lowest BCUT2D eigenvalue weighted by atomic mass is 9.82. The SMILES string of the molecule is CC(F)(F)OC1CC(c2nnc([C@@H]3CC[C@@H](CC(=O)C4CC(O)c5cc(Cl)ccc5O4)CO3)o2)C1. The van der Waals surface area contributed by atoms with E-state index < -0.39 is 24.4 Å². The summed E-state index contributed by atoms with van der Waals surface area (Å²) in [4.78, 5) is 12.9. The van der Waals surface area contributed by atoms with Crippen LogP contribution in [0.15, 0.2) is 22.6 Å². The molecule has 0 spiro atoms. The fourth-order valence-electron chi connectivity index (χ4n) is 4.89. The fourth-order valence-corrected chi connectivity index (χ4v) is 5.07. The summed E-state index contributed by atoms with van der Waals surface area (Å²) in [6.07, 6.45) is -2.88. The van der Waals surface area contributed by atoms with Crippen molar-refractivity contribution in [3.8, 4) is 5.75 Å². The van der Waals surface area contributed by atoms with E-state index in [1.165, 1.54) is 0 Å². The molecular weight excluding hydrogens is 486 g/mol. The molecule has 1 aliphatic carbocycles. The van der Waals surface area contributed by atoms with Crippen LogP contribution >= 0.6 is 11.6 Å². The Morgan fingerprint density at radius 3 is 2.71 bits per heavy atom. The highest BCUT2D eigenvalue weighted by Gasteiger charge is 2.40. The van der Waals surface area contributed by atoms with Gasteiger partial charge in [-0.05, 0) is 49.8 Å². The number of aliphatic hydroxyl groups excluding tert-OH is 1. The Bertz CT molecular complexity index is 1060. The number of benzene rings is 1. The van der Waals surface area contributed by atoms with Gasteiger partial charge in [0.05, 0.1) is 18.8 Å². The Balaban J connectivity index is 1.09. The molecule has 1 saturated heterocycles. The third kappa shape index (κ3) is 5.66. The quantitative estimate of drug-likeness (QED) is 0.558. The Hall–Kier alpha value is -2.14. The molecule has 2 fully saturated rings. The van der Waals surface area contributed by atoms with E-state index in [1.54, 1.807) is 18.2 Å². The van der Waals surface area contributed by atoms with Crippen molar-refractivity contribution in [2.45, 2.75) is 81.9 Å². The van der Waals surface area contributed by atoms with Crippen molar-refractivity contribution in [3.63, 3.8) is 0 Å². The van der Waals surface area contributed by atoms with E-state index in [-0.39, 0.29) is 36.6 Å². The van der Waals surface area contributed by atoms with Gasteiger partial charge < -0.3 is 23.7 Å². The first-order valence-electron chi connectivity index (χ1n) is 11.8. The Labute approximate surface area is 205 Å². The molecule has 0 radical (unpaired) electrons. The van der Waals surface area contributed by atoms with Gasteiger partial charge in [-0.3, -0.25) is 4.79 Å². The lowest BCUT2D eigenvalue weighted by Gasteiger charge is -2.34. The van der Waals surface area contributed by atoms with Gasteiger partial charge in [0, 0.05) is 36.3 Å². The first-order chi connectivity index (χ1) is 16.6. The maximum Gasteiger partial charge on any atom is 0.353 e. The van der Waals surface area contributed by atoms with Crippen molar-refractivity contribution < 1.29 is 37.3 Å². The van der Waals surface area contributed by atoms with Crippen LogP contribution in [-0.4, -0.2) is 46.0 Å². The van der Waals surface area contributed by atoms with Crippen LogP contribution in [0.1, 0.15) is 80.9 Å². The van der Waals surface area contributed by atoms with Gasteiger partial charge in [-0.25, -0.2) is 0 Å². The standard InChI is InChI=1S/C24H27ClF2N2O6/c1-24(26,27)35-15-7-13(8-15)22-28-29-23(34-22)20-4-2-12(11-32-20)6-18(31)21-10-17(30)16-9-14(25)3-5-19(16)33-21/h3,5,9,12-13,15,17,20-21,30H,2,4,6-8,10-11H2,1H3/t12-,13?,15?,17?,20-,21?/m0/s1. The van der Waals surface area contributed by atoms with E-state index in [4.69, 9.17) is 25.5 Å². The van der Waals surface area contributed by atoms with Crippen LogP contribution in [0.3, 0.4) is 0 Å². The zero-order valence-electron chi connectivity index (χ0n) is 19.2. The van der Waals surface area contributed by atoms with Gasteiger partial charge in [0.1, 0.15) is 11.9 Å². The van der Waals surface area contributed by atoms with Crippen LogP contribution in [0.25, 0.3) is 0 Å². The van der Waals surface area contributed by atoms with E-state index in [0.29, 0.717) is 54.0 Å². The average molecular weight is 513 g/mol. The number of halogens is 3. The fraction of sp³-hybridized carbons (Fsp3) is 0.625. The monoisotopic (exact) mass is 512 g/mol. The molecule has 2 aromatic rings. The van der Waals surface area contributed by atoms with E-state index in [0.717, 1.165) is 13.3 Å². The van der Waals surface area contributed by atoms with E-state index in [1.807, 2.05) is 0 Å². The maximum atomic E-state index is 12.9. The number of carbonyl (C=O) groups is 1. The first-order valence-corrected chi connectivity index (χ1v) is 12.2. The van der Waals surface area contributed by atoms with E-state index in [2.05, 4.69) is 14.9 Å². The molecule has 35 heavy (non-hydrogen) atoms. The van der Waals surface area contributed by atoms with Crippen LogP contribution < -0.4 is 4.74 Å². The van der Waals surface area contributed by atoms with Crippen LogP contribution in [0.4, 0.5) is 8.78 Å². The molecule has 8 nitrogen and oxygen atoms in total. The van der Waals surface area contributed by atoms with Gasteiger partial charge in [-0.15, -0.1) is 10.2 Å². The summed E-state index contributed by atoms with van der Waals surface area (Å²) >= 11 is 5.99. The number of ketones is 1. The third-order valence-electron chi connectivity index (χ3n) is 6.81. The summed E-state index contributed by atoms with van der Waals surface area (Å²) in [6, 6.07) is 4.99. The smallest absolute Gasteiger partial charge is 0.353 e. The van der Waals surface area contributed by atoms with Gasteiger partial charge in [-0.2, -0.15) is 8.78 Å². The molecule has 1 aromatic carbocycles. The van der Waals surface area contributed by atoms with E-state index in [9.17, 15) is 18.7 Å². The zero-order chi connectivity index (χ0) is 24.7. The second-order valence-corrected chi connectivity index (χ2v) is 10.1. The van der Waals surface area contributed by atoms with Crippen LogP contribution in [0, 0.1) is 5.92 Å². The molecule has 0 bridgehead atoms. The number of hydrogen-bond donors (Lipinski definition) is 1. The largest absolute Gasteiger partial charge is 0.482 e. The predicted molar refractivity (Wildman–Crippen MR) is 118 cm³/mol. The molecule has 2 aliphatic heterocycles. The number of hydrogen-bond acceptors (Lipinski definition) is 8. The third-order valence-corrected chi connectivity index (χ3v) is 7.04. The van der Waals surface area contributed by atoms with Crippen LogP contribution in [0.5, 0.6) is 5.75 Å². The molecule has 1 saturated carbocycles. The van der Waals surface area contributed by atoms with Crippen molar-refractivity contribution in [3.05, 3.63) is 40.6 Å². The predicted octanol–water partition coefficient (Wildman–Crippen LogP) is 4.91. The number of aromatic nitrogens is 2. The summed E-state index contributed by atoms with van der Waals surface area (Å²) in [6.45, 7) is 1.09. The molecule has 1 N–H and O–H groups in total. The minimum atomic E-state index is -3.15. The molecule has 4 atom stereocenters. The van der Waals surface area contributed by atoms with Crippen molar-refractivity contribution in [1.82, 2.24) is 10.2 Å². The summed E-state index contributed by atoms with van der Waals surface area (Å²) in [5, 5.41) is 19.1. The van der Waals surface area contributed by atoms with Crippen LogP contribution in [-0.2, 0) is 14.3 Å². The number of alkyl halides is 2. The second-order valence-electron chi connectivity index (χ2n) is 9.67. The van der Waals surface area contributed by atoms with Crippen molar-refractivity contribution in [2.75, 3.05) is 6.61 Å². The summed E-state index contributed by atoms with van der Waals surface area (Å²) in [5.74, 6) is 1.11. The van der Waals surface area contributed by atoms with Gasteiger partial charge in [0.2, 0.25) is 11.8 Å². The highest BCUT2D eigenvalue weighted by atomic mass is 35.5. The van der Waals surface area contributed by atoms with Crippen molar-refractivity contribution in [1.29, 1.82) is 0 Å². The summed E-state index contributed by atoms with van der Waals surface area (Å²) < 4.78 is 48.0. The van der Waals surface area contributed by atoms with Gasteiger partial charge in [0.15, 0.2) is 11.9 Å². The number of ether oxygens (including phenoxy) is 3. The summed E-state index contributed by atoms with van der Waals surface area (Å²) in [7, 11) is 0. The second kappa shape index (κ2) is 9.72. The number of aliphatic hydroxyl groups is 1. The molecule has 11 heteroatoms. The molecule has 5 rings (SSSR count). The molecule has 3 heterocycles. The van der Waals surface area contributed by atoms with Crippen LogP contribution in [0.2, 0.25) is 5.02 Å². The number of carbonyl (C=O) groups excluding carboxylic acids is 1. The molecular formula is C24H27ClF2N2O6. The molecule has 190 valence electrons. The van der Waals surface area contributed by atoms with Crippen molar-refractivity contribution in [2.24, 2.45) is 5.92 Å². The number of rotatable bonds is 7. The van der Waals surface area contributed by atoms with Crippen molar-refractivity contribution >= 4 is 17.4 Å². The average Bonchev–Trinajstić information content (AvgIpc) is 3.26. The number of Topliss-reactive ketones (excluding diaryl/α,β-unsaturated/α-hetero) is 1. The number of nitrogens with zero attached hydrogens (tertiary/aromatic N) is 2. The molecule has 0 amide bonds. The zero-order valence-corrected chi connectivity index (χ0v) is 19.9. The van der Waals surface area contributed by atoms with Gasteiger partial charge in [-0.1, -0.05) is 11.6 Å². The van der Waals surface area contributed by atoms with E-state index >= 15 is 0 Å². The van der Waals surface area contributed by atoms with Gasteiger partial charge in [0.25, 0.3) is 0 Å². The normalized spacial score (nSPS) is 30.8. The molecule has 3 aliphatic rings. The highest BCUT2D eigenvalue weighted by molar-refractivity contribution is 6.30. The Morgan fingerprint density at radius 2 is 2.00 bits per heavy atom. The first kappa shape index (κ1) is 24.5. The topological polar surface area (TPSA) is 104 Å². The minimum absolute atomic E-state index is 0.0220. The molecule has 2 unspecified atom stereocenters. The lowest BCUT2D eigenvalue weighted by molar-refractivity contribution is -0.265. The molecule has 1 aromatic heterocycles. The highest BCUT2D eigenvalue weighted by Crippen LogP contribution is 2.42. The number of fused-ring (bicyclic) bond motifs is 1. The summed E-state index contributed by atoms with van der Waals surface area (Å²) in [5.41, 5.74) is 0.595. The Morgan fingerprint density at radius 1 is 1.23 bits per heavy atom.